The molecule has 2 heteroatoms. The number of rotatable bonds is 4. The molecule has 0 radical (unpaired) electrons. The van der Waals surface area contributed by atoms with Crippen LogP contribution >= 0.6 is 0 Å². The van der Waals surface area contributed by atoms with Gasteiger partial charge in [-0.15, -0.1) is 0 Å². The van der Waals surface area contributed by atoms with Gasteiger partial charge in [0.25, 0.3) is 0 Å². The predicted molar refractivity (Wildman–Crippen MR) is 69.9 cm³/mol. The van der Waals surface area contributed by atoms with E-state index in [1.807, 2.05) is 0 Å². The van der Waals surface area contributed by atoms with Crippen LogP contribution in [0.1, 0.15) is 31.7 Å². The van der Waals surface area contributed by atoms with Gasteiger partial charge in [-0.3, -0.25) is 0 Å². The number of benzene rings is 1. The van der Waals surface area contributed by atoms with Crippen molar-refractivity contribution in [3.8, 4) is 0 Å². The monoisotopic (exact) mass is 218 g/mol. The van der Waals surface area contributed by atoms with Gasteiger partial charge in [-0.25, -0.2) is 0 Å². The fourth-order valence-electron chi connectivity index (χ4n) is 2.11. The molecule has 0 aliphatic heterocycles. The van der Waals surface area contributed by atoms with Gasteiger partial charge >= 0.3 is 0 Å². The lowest BCUT2D eigenvalue weighted by molar-refractivity contribution is 0.207. The lowest BCUT2D eigenvalue weighted by Gasteiger charge is -2.39. The predicted octanol–water partition coefficient (Wildman–Crippen LogP) is 2.78. The molecule has 0 unspecified atom stereocenters. The van der Waals surface area contributed by atoms with Crippen LogP contribution in [0, 0.1) is 0 Å². The largest absolute Gasteiger partial charge is 0.378 e. The summed E-state index contributed by atoms with van der Waals surface area (Å²) in [6.45, 7) is 3.31. The lowest BCUT2D eigenvalue weighted by atomic mass is 9.78. The molecule has 1 aromatic carbocycles. The van der Waals surface area contributed by atoms with Gasteiger partial charge in [0.15, 0.2) is 0 Å². The van der Waals surface area contributed by atoms with Crippen LogP contribution < -0.4 is 10.2 Å². The molecular formula is C14H22N2. The smallest absolute Gasteiger partial charge is 0.0361 e. The van der Waals surface area contributed by atoms with Gasteiger partial charge in [0, 0.05) is 31.9 Å². The Bertz CT molecular complexity index is 336. The molecule has 1 fully saturated rings. The van der Waals surface area contributed by atoms with Crippen LogP contribution in [0.5, 0.6) is 0 Å². The summed E-state index contributed by atoms with van der Waals surface area (Å²) < 4.78 is 0. The molecule has 2 nitrogen and oxygen atoms in total. The molecular weight excluding hydrogens is 196 g/mol. The van der Waals surface area contributed by atoms with Gasteiger partial charge in [-0.1, -0.05) is 12.1 Å². The average Bonchev–Trinajstić information content (AvgIpc) is 2.24. The first-order valence-corrected chi connectivity index (χ1v) is 6.10. The highest BCUT2D eigenvalue weighted by molar-refractivity contribution is 5.45. The van der Waals surface area contributed by atoms with E-state index in [-0.39, 0.29) is 0 Å². The maximum Gasteiger partial charge on any atom is 0.0361 e. The van der Waals surface area contributed by atoms with Crippen molar-refractivity contribution in [3.05, 3.63) is 29.8 Å². The quantitative estimate of drug-likeness (QED) is 0.836. The molecule has 2 rings (SSSR count). The summed E-state index contributed by atoms with van der Waals surface area (Å²) in [5.41, 5.74) is 3.04. The van der Waals surface area contributed by atoms with Gasteiger partial charge in [0.05, 0.1) is 0 Å². The number of nitrogens with zero attached hydrogens (tertiary/aromatic N) is 1. The molecule has 0 aromatic heterocycles. The Morgan fingerprint density at radius 1 is 1.19 bits per heavy atom. The SMILES string of the molecule is CN(C)c1ccc(CNC2(C)CCC2)cc1. The van der Waals surface area contributed by atoms with Crippen LogP contribution in [-0.4, -0.2) is 19.6 Å². The topological polar surface area (TPSA) is 15.3 Å². The van der Waals surface area contributed by atoms with Crippen molar-refractivity contribution < 1.29 is 0 Å². The maximum atomic E-state index is 3.65. The highest BCUT2D eigenvalue weighted by atomic mass is 15.1. The third-order valence-electron chi connectivity index (χ3n) is 3.63. The van der Waals surface area contributed by atoms with Gasteiger partial charge in [-0.05, 0) is 43.9 Å². The Hall–Kier alpha value is -1.02. The molecule has 16 heavy (non-hydrogen) atoms. The first kappa shape index (κ1) is 11.5. The third kappa shape index (κ3) is 2.56. The molecule has 0 atom stereocenters. The Balaban J connectivity index is 1.90. The lowest BCUT2D eigenvalue weighted by Crippen LogP contribution is -2.47. The first-order chi connectivity index (χ1) is 7.59. The Morgan fingerprint density at radius 2 is 1.81 bits per heavy atom. The fraction of sp³-hybridized carbons (Fsp3) is 0.571. The van der Waals surface area contributed by atoms with E-state index >= 15 is 0 Å². The number of anilines is 1. The zero-order chi connectivity index (χ0) is 11.6. The molecule has 1 aliphatic carbocycles. The molecule has 88 valence electrons. The Kier molecular flexibility index (Phi) is 3.20. The summed E-state index contributed by atoms with van der Waals surface area (Å²) in [6.07, 6.45) is 4.02. The van der Waals surface area contributed by atoms with Crippen molar-refractivity contribution >= 4 is 5.69 Å². The van der Waals surface area contributed by atoms with Crippen molar-refractivity contribution in [2.24, 2.45) is 0 Å². The van der Waals surface area contributed by atoms with Crippen LogP contribution in [0.3, 0.4) is 0 Å². The maximum absolute atomic E-state index is 3.65. The van der Waals surface area contributed by atoms with E-state index in [9.17, 15) is 0 Å². The van der Waals surface area contributed by atoms with E-state index in [0.717, 1.165) is 6.54 Å². The molecule has 0 amide bonds. The van der Waals surface area contributed by atoms with Crippen molar-refractivity contribution in [2.45, 2.75) is 38.3 Å². The average molecular weight is 218 g/mol. The third-order valence-corrected chi connectivity index (χ3v) is 3.63. The van der Waals surface area contributed by atoms with E-state index in [0.29, 0.717) is 5.54 Å². The molecule has 1 aromatic rings. The van der Waals surface area contributed by atoms with Crippen molar-refractivity contribution in [3.63, 3.8) is 0 Å². The molecule has 0 spiro atoms. The minimum absolute atomic E-state index is 0.403. The second-order valence-electron chi connectivity index (χ2n) is 5.33. The van der Waals surface area contributed by atoms with Gasteiger partial charge in [0.2, 0.25) is 0 Å². The standard InChI is InChI=1S/C14H22N2/c1-14(9-4-10-14)15-11-12-5-7-13(8-6-12)16(2)3/h5-8,15H,4,9-11H2,1-3H3. The number of nitrogens with one attached hydrogen (secondary N) is 1. The zero-order valence-electron chi connectivity index (χ0n) is 10.6. The highest BCUT2D eigenvalue weighted by Gasteiger charge is 2.30. The number of hydrogen-bond acceptors (Lipinski definition) is 2. The minimum Gasteiger partial charge on any atom is -0.378 e. The van der Waals surface area contributed by atoms with E-state index < -0.39 is 0 Å². The summed E-state index contributed by atoms with van der Waals surface area (Å²) in [6, 6.07) is 8.79. The van der Waals surface area contributed by atoms with Crippen molar-refractivity contribution in [1.82, 2.24) is 5.32 Å². The van der Waals surface area contributed by atoms with Crippen LogP contribution in [0.25, 0.3) is 0 Å². The van der Waals surface area contributed by atoms with Gasteiger partial charge < -0.3 is 10.2 Å². The Labute approximate surface area is 98.7 Å². The number of hydrogen-bond donors (Lipinski definition) is 1. The highest BCUT2D eigenvalue weighted by Crippen LogP contribution is 2.31. The summed E-state index contributed by atoms with van der Waals surface area (Å²) in [5, 5.41) is 3.65. The summed E-state index contributed by atoms with van der Waals surface area (Å²) in [5.74, 6) is 0. The van der Waals surface area contributed by atoms with Gasteiger partial charge in [-0.2, -0.15) is 0 Å². The first-order valence-electron chi connectivity index (χ1n) is 6.10. The zero-order valence-corrected chi connectivity index (χ0v) is 10.6. The van der Waals surface area contributed by atoms with Crippen molar-refractivity contribution in [2.75, 3.05) is 19.0 Å². The second-order valence-corrected chi connectivity index (χ2v) is 5.33. The van der Waals surface area contributed by atoms with Crippen LogP contribution in [0.2, 0.25) is 0 Å². The molecule has 0 bridgehead atoms. The Morgan fingerprint density at radius 3 is 2.25 bits per heavy atom. The second kappa shape index (κ2) is 4.46. The van der Waals surface area contributed by atoms with E-state index in [1.165, 1.54) is 30.5 Å². The van der Waals surface area contributed by atoms with Crippen LogP contribution in [0.4, 0.5) is 5.69 Å². The van der Waals surface area contributed by atoms with Crippen molar-refractivity contribution in [1.29, 1.82) is 0 Å². The van der Waals surface area contributed by atoms with E-state index in [1.54, 1.807) is 0 Å². The molecule has 0 saturated heterocycles. The van der Waals surface area contributed by atoms with Crippen LogP contribution in [0.15, 0.2) is 24.3 Å². The normalized spacial score (nSPS) is 17.9. The van der Waals surface area contributed by atoms with E-state index in [4.69, 9.17) is 0 Å². The van der Waals surface area contributed by atoms with Gasteiger partial charge in [0.1, 0.15) is 0 Å². The molecule has 1 N–H and O–H groups in total. The summed E-state index contributed by atoms with van der Waals surface area (Å²) in [7, 11) is 4.14. The van der Waals surface area contributed by atoms with Crippen LogP contribution in [-0.2, 0) is 6.54 Å². The molecule has 0 heterocycles. The minimum atomic E-state index is 0.403. The molecule has 1 aliphatic rings. The summed E-state index contributed by atoms with van der Waals surface area (Å²) in [4.78, 5) is 2.13. The fourth-order valence-corrected chi connectivity index (χ4v) is 2.11. The van der Waals surface area contributed by atoms with E-state index in [2.05, 4.69) is 55.5 Å². The molecule has 1 saturated carbocycles. The summed E-state index contributed by atoms with van der Waals surface area (Å²) >= 11 is 0.